The molecule has 2 atom stereocenters. The highest BCUT2D eigenvalue weighted by Gasteiger charge is 2.22. The molecule has 1 fully saturated rings. The molecule has 0 aliphatic carbocycles. The maximum atomic E-state index is 5.93. The Balaban J connectivity index is 2.28. The number of likely N-dealkylation sites (tertiary alicyclic amines) is 1. The van der Waals surface area contributed by atoms with Gasteiger partial charge in [-0.3, -0.25) is 0 Å². The number of piperidine rings is 1. The van der Waals surface area contributed by atoms with Crippen LogP contribution in [0.4, 0.5) is 0 Å². The molecular weight excluding hydrogens is 148 g/mol. The van der Waals surface area contributed by atoms with Crippen LogP contribution in [0.5, 0.6) is 0 Å². The van der Waals surface area contributed by atoms with E-state index in [9.17, 15) is 0 Å². The topological polar surface area (TPSA) is 29.3 Å². The lowest BCUT2D eigenvalue weighted by Gasteiger charge is -2.35. The minimum atomic E-state index is 0.461. The first-order chi connectivity index (χ1) is 5.74. The van der Waals surface area contributed by atoms with Crippen molar-refractivity contribution in [2.45, 2.75) is 51.1 Å². The van der Waals surface area contributed by atoms with Crippen molar-refractivity contribution in [3.05, 3.63) is 0 Å². The van der Waals surface area contributed by atoms with Crippen LogP contribution in [0.2, 0.25) is 0 Å². The summed E-state index contributed by atoms with van der Waals surface area (Å²) in [7, 11) is 2.23. The van der Waals surface area contributed by atoms with Gasteiger partial charge in [0.1, 0.15) is 0 Å². The average Bonchev–Trinajstić information content (AvgIpc) is 2.07. The van der Waals surface area contributed by atoms with E-state index in [1.807, 2.05) is 0 Å². The molecule has 0 spiro atoms. The van der Waals surface area contributed by atoms with E-state index in [-0.39, 0.29) is 0 Å². The van der Waals surface area contributed by atoms with E-state index in [0.29, 0.717) is 6.04 Å². The molecular formula is C10H22N2. The molecule has 0 saturated carbocycles. The van der Waals surface area contributed by atoms with Crippen LogP contribution < -0.4 is 5.73 Å². The molecule has 0 aromatic rings. The fourth-order valence-corrected chi connectivity index (χ4v) is 1.98. The lowest BCUT2D eigenvalue weighted by molar-refractivity contribution is 0.159. The van der Waals surface area contributed by atoms with Crippen LogP contribution in [0.1, 0.15) is 39.0 Å². The van der Waals surface area contributed by atoms with E-state index >= 15 is 0 Å². The molecule has 1 aliphatic heterocycles. The van der Waals surface area contributed by atoms with Crippen molar-refractivity contribution in [2.24, 2.45) is 5.73 Å². The maximum absolute atomic E-state index is 5.93. The Bertz CT molecular complexity index is 125. The predicted molar refractivity (Wildman–Crippen MR) is 53.2 cm³/mol. The summed E-state index contributed by atoms with van der Waals surface area (Å²) in [5, 5.41) is 0. The molecule has 2 heteroatoms. The molecule has 0 aromatic heterocycles. The minimum absolute atomic E-state index is 0.461. The number of hydrogen-bond acceptors (Lipinski definition) is 2. The van der Waals surface area contributed by atoms with Crippen LogP contribution in [0.25, 0.3) is 0 Å². The predicted octanol–water partition coefficient (Wildman–Crippen LogP) is 1.60. The fourth-order valence-electron chi connectivity index (χ4n) is 1.98. The average molecular weight is 170 g/mol. The summed E-state index contributed by atoms with van der Waals surface area (Å²) in [4.78, 5) is 2.47. The van der Waals surface area contributed by atoms with Crippen molar-refractivity contribution < 1.29 is 0 Å². The van der Waals surface area contributed by atoms with E-state index in [2.05, 4.69) is 18.9 Å². The van der Waals surface area contributed by atoms with Crippen LogP contribution >= 0.6 is 0 Å². The third-order valence-corrected chi connectivity index (χ3v) is 2.94. The molecule has 1 saturated heterocycles. The third kappa shape index (κ3) is 2.76. The quantitative estimate of drug-likeness (QED) is 0.697. The van der Waals surface area contributed by atoms with Gasteiger partial charge >= 0.3 is 0 Å². The van der Waals surface area contributed by atoms with E-state index in [4.69, 9.17) is 5.73 Å². The fraction of sp³-hybridized carbons (Fsp3) is 1.00. The van der Waals surface area contributed by atoms with Crippen LogP contribution in [-0.2, 0) is 0 Å². The van der Waals surface area contributed by atoms with Crippen LogP contribution in [0, 0.1) is 0 Å². The van der Waals surface area contributed by atoms with Gasteiger partial charge in [0.15, 0.2) is 0 Å². The Labute approximate surface area is 76.1 Å². The molecule has 2 unspecified atom stereocenters. The third-order valence-electron chi connectivity index (χ3n) is 2.94. The minimum Gasteiger partial charge on any atom is -0.328 e. The first kappa shape index (κ1) is 10.0. The number of unbranched alkanes of at least 4 members (excludes halogenated alkanes) is 1. The van der Waals surface area contributed by atoms with Gasteiger partial charge < -0.3 is 10.6 Å². The number of rotatable bonds is 3. The molecule has 0 aromatic carbocycles. The Morgan fingerprint density at radius 1 is 1.50 bits per heavy atom. The normalized spacial score (nSPS) is 32.2. The van der Waals surface area contributed by atoms with E-state index in [0.717, 1.165) is 6.04 Å². The van der Waals surface area contributed by atoms with Crippen molar-refractivity contribution in [3.63, 3.8) is 0 Å². The highest BCUT2D eigenvalue weighted by molar-refractivity contribution is 4.81. The molecule has 2 nitrogen and oxygen atoms in total. The molecule has 0 radical (unpaired) electrons. The molecule has 1 heterocycles. The van der Waals surface area contributed by atoms with Gasteiger partial charge in [-0.25, -0.2) is 0 Å². The number of hydrogen-bond donors (Lipinski definition) is 1. The molecule has 1 rings (SSSR count). The number of nitrogens with two attached hydrogens (primary N) is 1. The van der Waals surface area contributed by atoms with E-state index in [1.165, 1.54) is 38.6 Å². The lowest BCUT2D eigenvalue weighted by atomic mass is 9.95. The summed E-state index contributed by atoms with van der Waals surface area (Å²) < 4.78 is 0. The van der Waals surface area contributed by atoms with E-state index < -0.39 is 0 Å². The van der Waals surface area contributed by atoms with E-state index in [1.54, 1.807) is 0 Å². The second-order valence-corrected chi connectivity index (χ2v) is 4.06. The Kier molecular flexibility index (Phi) is 4.02. The molecule has 72 valence electrons. The first-order valence-electron chi connectivity index (χ1n) is 5.20. The summed E-state index contributed by atoms with van der Waals surface area (Å²) in [6, 6.07) is 1.22. The van der Waals surface area contributed by atoms with Gasteiger partial charge in [-0.05, 0) is 32.9 Å². The van der Waals surface area contributed by atoms with Gasteiger partial charge in [0.2, 0.25) is 0 Å². The largest absolute Gasteiger partial charge is 0.328 e. The second kappa shape index (κ2) is 4.83. The van der Waals surface area contributed by atoms with Crippen molar-refractivity contribution in [1.82, 2.24) is 4.90 Å². The van der Waals surface area contributed by atoms with Gasteiger partial charge in [0, 0.05) is 12.1 Å². The van der Waals surface area contributed by atoms with Crippen molar-refractivity contribution in [1.29, 1.82) is 0 Å². The molecule has 0 bridgehead atoms. The summed E-state index contributed by atoms with van der Waals surface area (Å²) in [5.41, 5.74) is 5.93. The van der Waals surface area contributed by atoms with Gasteiger partial charge in [0.25, 0.3) is 0 Å². The Hall–Kier alpha value is -0.0800. The van der Waals surface area contributed by atoms with Crippen molar-refractivity contribution in [3.8, 4) is 0 Å². The summed E-state index contributed by atoms with van der Waals surface area (Å²) in [6.45, 7) is 3.44. The first-order valence-corrected chi connectivity index (χ1v) is 5.20. The van der Waals surface area contributed by atoms with Gasteiger partial charge in [-0.2, -0.15) is 0 Å². The highest BCUT2D eigenvalue weighted by atomic mass is 15.1. The standard InChI is InChI=1S/C10H22N2/c1-3-4-5-10-8-9(11)6-7-12(10)2/h9-10H,3-8,11H2,1-2H3. The Morgan fingerprint density at radius 2 is 2.25 bits per heavy atom. The van der Waals surface area contributed by atoms with Gasteiger partial charge in [-0.15, -0.1) is 0 Å². The van der Waals surface area contributed by atoms with Crippen LogP contribution in [-0.4, -0.2) is 30.6 Å². The van der Waals surface area contributed by atoms with Gasteiger partial charge in [0.05, 0.1) is 0 Å². The molecule has 12 heavy (non-hydrogen) atoms. The zero-order valence-corrected chi connectivity index (χ0v) is 8.42. The van der Waals surface area contributed by atoms with Crippen LogP contribution in [0.15, 0.2) is 0 Å². The summed E-state index contributed by atoms with van der Waals surface area (Å²) >= 11 is 0. The molecule has 2 N–H and O–H groups in total. The van der Waals surface area contributed by atoms with Crippen LogP contribution in [0.3, 0.4) is 0 Å². The highest BCUT2D eigenvalue weighted by Crippen LogP contribution is 2.18. The monoisotopic (exact) mass is 170 g/mol. The zero-order valence-electron chi connectivity index (χ0n) is 8.42. The zero-order chi connectivity index (χ0) is 8.97. The maximum Gasteiger partial charge on any atom is 0.0107 e. The van der Waals surface area contributed by atoms with Gasteiger partial charge in [-0.1, -0.05) is 19.8 Å². The molecule has 1 aliphatic rings. The number of nitrogens with zero attached hydrogens (tertiary/aromatic N) is 1. The summed E-state index contributed by atoms with van der Waals surface area (Å²) in [5.74, 6) is 0. The lowest BCUT2D eigenvalue weighted by Crippen LogP contribution is -2.44. The van der Waals surface area contributed by atoms with Crippen molar-refractivity contribution >= 4 is 0 Å². The smallest absolute Gasteiger partial charge is 0.0107 e. The second-order valence-electron chi connectivity index (χ2n) is 4.06. The summed E-state index contributed by atoms with van der Waals surface area (Å²) in [6.07, 6.45) is 6.37. The van der Waals surface area contributed by atoms with Crippen molar-refractivity contribution in [2.75, 3.05) is 13.6 Å². The Morgan fingerprint density at radius 3 is 2.92 bits per heavy atom. The SMILES string of the molecule is CCCCC1CC(N)CCN1C. The molecule has 0 amide bonds.